The van der Waals surface area contributed by atoms with Gasteiger partial charge in [0.15, 0.2) is 0 Å². The smallest absolute Gasteiger partial charge is 0.217 e. The third kappa shape index (κ3) is 2.35. The molecule has 0 N–H and O–H groups in total. The number of hydrogen-bond donors (Lipinski definition) is 0. The van der Waals surface area contributed by atoms with Crippen LogP contribution in [0.1, 0.15) is 19.3 Å². The maximum absolute atomic E-state index is 12.1. The lowest BCUT2D eigenvalue weighted by Gasteiger charge is -2.16. The number of nitrogens with zero attached hydrogens (tertiary/aromatic N) is 2. The quantitative estimate of drug-likeness (QED) is 0.818. The Morgan fingerprint density at radius 1 is 1.22 bits per heavy atom. The highest BCUT2D eigenvalue weighted by Gasteiger charge is 2.43. The van der Waals surface area contributed by atoms with Crippen molar-refractivity contribution in [1.29, 1.82) is 0 Å². The highest BCUT2D eigenvalue weighted by atomic mass is 32.2. The molecule has 98 valence electrons. The van der Waals surface area contributed by atoms with Crippen molar-refractivity contribution in [3.8, 4) is 5.75 Å². The first-order valence-corrected chi connectivity index (χ1v) is 7.72. The molecule has 0 bridgehead atoms. The topological polar surface area (TPSA) is 59.5 Å². The number of aromatic nitrogens is 1. The van der Waals surface area contributed by atoms with Crippen LogP contribution in [0.2, 0.25) is 0 Å². The van der Waals surface area contributed by atoms with Crippen molar-refractivity contribution >= 4 is 10.0 Å². The van der Waals surface area contributed by atoms with E-state index >= 15 is 0 Å². The zero-order valence-electron chi connectivity index (χ0n) is 10.0. The Kier molecular flexibility index (Phi) is 2.99. The number of pyridine rings is 1. The van der Waals surface area contributed by atoms with Crippen molar-refractivity contribution in [3.63, 3.8) is 0 Å². The summed E-state index contributed by atoms with van der Waals surface area (Å²) in [5, 5.41) is -0.128. The van der Waals surface area contributed by atoms with Crippen LogP contribution in [-0.2, 0) is 10.0 Å². The van der Waals surface area contributed by atoms with E-state index in [1.807, 2.05) is 0 Å². The summed E-state index contributed by atoms with van der Waals surface area (Å²) < 4.78 is 31.4. The molecule has 1 aliphatic heterocycles. The molecule has 0 unspecified atom stereocenters. The van der Waals surface area contributed by atoms with Crippen LogP contribution in [0.15, 0.2) is 24.5 Å². The maximum Gasteiger partial charge on any atom is 0.217 e. The molecule has 18 heavy (non-hydrogen) atoms. The van der Waals surface area contributed by atoms with E-state index in [2.05, 4.69) is 4.98 Å². The van der Waals surface area contributed by atoms with Gasteiger partial charge in [-0.2, -0.15) is 4.31 Å². The van der Waals surface area contributed by atoms with Crippen LogP contribution < -0.4 is 4.74 Å². The predicted molar refractivity (Wildman–Crippen MR) is 66.8 cm³/mol. The predicted octanol–water partition coefficient (Wildman–Crippen LogP) is 1.03. The van der Waals surface area contributed by atoms with E-state index in [4.69, 9.17) is 4.74 Å². The van der Waals surface area contributed by atoms with E-state index in [-0.39, 0.29) is 11.4 Å². The number of sulfonamides is 1. The zero-order chi connectivity index (χ0) is 12.6. The van der Waals surface area contributed by atoms with E-state index in [1.165, 1.54) is 0 Å². The molecule has 1 saturated carbocycles. The summed E-state index contributed by atoms with van der Waals surface area (Å²) in [4.78, 5) is 3.92. The monoisotopic (exact) mass is 268 g/mol. The molecule has 5 nitrogen and oxygen atoms in total. The Morgan fingerprint density at radius 3 is 2.61 bits per heavy atom. The number of hydrogen-bond acceptors (Lipinski definition) is 4. The van der Waals surface area contributed by atoms with Crippen LogP contribution in [0.3, 0.4) is 0 Å². The first-order valence-electron chi connectivity index (χ1n) is 6.22. The van der Waals surface area contributed by atoms with Crippen molar-refractivity contribution in [1.82, 2.24) is 9.29 Å². The highest BCUT2D eigenvalue weighted by Crippen LogP contribution is 2.33. The average molecular weight is 268 g/mol. The van der Waals surface area contributed by atoms with Gasteiger partial charge in [0, 0.05) is 18.9 Å². The lowest BCUT2D eigenvalue weighted by Crippen LogP contribution is -2.33. The molecule has 0 amide bonds. The standard InChI is InChI=1S/C12H16N2O3S/c15-18(16,12-1-2-12)14-8-5-11(9-14)17-10-3-6-13-7-4-10/h3-4,6-7,11-12H,1-2,5,8-9H2/t11-/m0/s1. The zero-order valence-corrected chi connectivity index (χ0v) is 10.8. The van der Waals surface area contributed by atoms with Gasteiger partial charge in [-0.25, -0.2) is 8.42 Å². The van der Waals surface area contributed by atoms with Crippen LogP contribution in [0.4, 0.5) is 0 Å². The summed E-state index contributed by atoms with van der Waals surface area (Å²) in [5.74, 6) is 0.751. The molecule has 1 aromatic rings. The van der Waals surface area contributed by atoms with Crippen molar-refractivity contribution in [2.75, 3.05) is 13.1 Å². The third-order valence-electron chi connectivity index (χ3n) is 3.37. The molecule has 2 fully saturated rings. The minimum Gasteiger partial charge on any atom is -0.489 e. The number of rotatable bonds is 4. The Morgan fingerprint density at radius 2 is 1.94 bits per heavy atom. The molecule has 0 spiro atoms. The van der Waals surface area contributed by atoms with E-state index in [1.54, 1.807) is 28.8 Å². The number of ether oxygens (including phenoxy) is 1. The lowest BCUT2D eigenvalue weighted by molar-refractivity contribution is 0.215. The fourth-order valence-corrected chi connectivity index (χ4v) is 4.10. The third-order valence-corrected chi connectivity index (χ3v) is 5.73. The molecule has 2 heterocycles. The van der Waals surface area contributed by atoms with Crippen LogP contribution in [-0.4, -0.2) is 42.2 Å². The van der Waals surface area contributed by atoms with Gasteiger partial charge in [-0.05, 0) is 31.4 Å². The first-order chi connectivity index (χ1) is 8.66. The van der Waals surface area contributed by atoms with Gasteiger partial charge in [-0.1, -0.05) is 0 Å². The summed E-state index contributed by atoms with van der Waals surface area (Å²) in [6.07, 6.45) is 5.69. The molecule has 0 radical (unpaired) electrons. The molecular weight excluding hydrogens is 252 g/mol. The molecule has 6 heteroatoms. The van der Waals surface area contributed by atoms with Gasteiger partial charge < -0.3 is 4.74 Å². The van der Waals surface area contributed by atoms with Gasteiger partial charge in [0.2, 0.25) is 10.0 Å². The minimum atomic E-state index is -3.05. The van der Waals surface area contributed by atoms with Gasteiger partial charge in [-0.15, -0.1) is 0 Å². The first kappa shape index (κ1) is 11.9. The highest BCUT2D eigenvalue weighted by molar-refractivity contribution is 7.90. The molecule has 0 aromatic carbocycles. The van der Waals surface area contributed by atoms with Gasteiger partial charge in [0.05, 0.1) is 11.8 Å². The molecule has 1 aliphatic carbocycles. The van der Waals surface area contributed by atoms with Crippen LogP contribution in [0.25, 0.3) is 0 Å². The normalized spacial score (nSPS) is 25.2. The Labute approximate surface area is 107 Å². The second kappa shape index (κ2) is 4.51. The lowest BCUT2D eigenvalue weighted by atomic mass is 10.3. The maximum atomic E-state index is 12.1. The molecule has 2 aliphatic rings. The largest absolute Gasteiger partial charge is 0.489 e. The van der Waals surface area contributed by atoms with E-state index < -0.39 is 10.0 Å². The Balaban J connectivity index is 1.62. The van der Waals surface area contributed by atoms with Crippen LogP contribution in [0, 0.1) is 0 Å². The van der Waals surface area contributed by atoms with E-state index in [9.17, 15) is 8.42 Å². The average Bonchev–Trinajstić information content (AvgIpc) is 3.12. The van der Waals surface area contributed by atoms with Crippen molar-refractivity contribution < 1.29 is 13.2 Å². The second-order valence-corrected chi connectivity index (χ2v) is 7.03. The fraction of sp³-hybridized carbons (Fsp3) is 0.583. The summed E-state index contributed by atoms with van der Waals surface area (Å²) in [6, 6.07) is 3.58. The van der Waals surface area contributed by atoms with Crippen molar-refractivity contribution in [2.45, 2.75) is 30.6 Å². The summed E-state index contributed by atoms with van der Waals surface area (Å²) >= 11 is 0. The minimum absolute atomic E-state index is 0.0408. The van der Waals surface area contributed by atoms with E-state index in [0.717, 1.165) is 25.0 Å². The fourth-order valence-electron chi connectivity index (χ4n) is 2.21. The summed E-state index contributed by atoms with van der Waals surface area (Å²) in [7, 11) is -3.05. The molecular formula is C12H16N2O3S. The Hall–Kier alpha value is -1.14. The molecule has 1 atom stereocenters. The van der Waals surface area contributed by atoms with Crippen LogP contribution in [0.5, 0.6) is 5.75 Å². The molecule has 3 rings (SSSR count). The van der Waals surface area contributed by atoms with Crippen LogP contribution >= 0.6 is 0 Å². The van der Waals surface area contributed by atoms with Gasteiger partial charge >= 0.3 is 0 Å². The summed E-state index contributed by atoms with van der Waals surface area (Å²) in [6.45, 7) is 1.05. The van der Waals surface area contributed by atoms with Crippen molar-refractivity contribution in [2.24, 2.45) is 0 Å². The van der Waals surface area contributed by atoms with Gasteiger partial charge in [0.1, 0.15) is 11.9 Å². The Bertz CT molecular complexity index is 513. The van der Waals surface area contributed by atoms with E-state index in [0.29, 0.717) is 13.1 Å². The second-order valence-electron chi connectivity index (χ2n) is 4.81. The van der Waals surface area contributed by atoms with Crippen molar-refractivity contribution in [3.05, 3.63) is 24.5 Å². The summed E-state index contributed by atoms with van der Waals surface area (Å²) in [5.41, 5.74) is 0. The molecule has 1 saturated heterocycles. The van der Waals surface area contributed by atoms with Gasteiger partial charge in [-0.3, -0.25) is 4.98 Å². The molecule has 1 aromatic heterocycles. The van der Waals surface area contributed by atoms with Gasteiger partial charge in [0.25, 0.3) is 0 Å². The SMILES string of the molecule is O=S(=O)(C1CC1)N1CC[C@H](Oc2ccncc2)C1.